The fraction of sp³-hybridized carbons (Fsp3) is 0.250. The largest absolute Gasteiger partial charge is 0.448 e. The van der Waals surface area contributed by atoms with Gasteiger partial charge in [-0.3, -0.25) is 9.59 Å². The van der Waals surface area contributed by atoms with Crippen LogP contribution < -0.4 is 10.3 Å². The molecule has 0 aliphatic carbocycles. The molecule has 1 aromatic heterocycles. The minimum Gasteiger partial charge on any atom is -0.448 e. The first kappa shape index (κ1) is 20.5. The van der Waals surface area contributed by atoms with Crippen molar-refractivity contribution in [2.45, 2.75) is 32.8 Å². The third-order valence-electron chi connectivity index (χ3n) is 5.31. The van der Waals surface area contributed by atoms with Gasteiger partial charge in [-0.2, -0.15) is 5.10 Å². The monoisotopic (exact) mass is 417 g/mol. The first-order valence-corrected chi connectivity index (χ1v) is 10.2. The topological polar surface area (TPSA) is 81.5 Å². The SMILES string of the molecule is Cc1cc(=O)c(C(=O)O[C@H](C)C(=O)N2CCCc3ccccc32)nn1-c1ccccc1. The smallest absolute Gasteiger partial charge is 0.363 e. The third kappa shape index (κ3) is 4.12. The van der Waals surface area contributed by atoms with E-state index in [4.69, 9.17) is 4.74 Å². The zero-order chi connectivity index (χ0) is 22.0. The number of aromatic nitrogens is 2. The van der Waals surface area contributed by atoms with E-state index in [1.54, 1.807) is 11.8 Å². The Balaban J connectivity index is 1.56. The molecule has 0 fully saturated rings. The first-order chi connectivity index (χ1) is 15.0. The summed E-state index contributed by atoms with van der Waals surface area (Å²) in [5.41, 5.74) is 2.32. The maximum absolute atomic E-state index is 13.0. The number of hydrogen-bond donors (Lipinski definition) is 0. The van der Waals surface area contributed by atoms with Crippen molar-refractivity contribution < 1.29 is 14.3 Å². The number of carbonyl (C=O) groups excluding carboxylic acids is 2. The van der Waals surface area contributed by atoms with Crippen molar-refractivity contribution in [1.82, 2.24) is 9.78 Å². The molecule has 0 spiro atoms. The molecule has 31 heavy (non-hydrogen) atoms. The molecule has 0 saturated heterocycles. The molecule has 0 saturated carbocycles. The van der Waals surface area contributed by atoms with Crippen molar-refractivity contribution in [1.29, 1.82) is 0 Å². The maximum Gasteiger partial charge on any atom is 0.363 e. The van der Waals surface area contributed by atoms with E-state index in [2.05, 4.69) is 5.10 Å². The quantitative estimate of drug-likeness (QED) is 0.610. The van der Waals surface area contributed by atoms with Gasteiger partial charge in [0.1, 0.15) is 0 Å². The van der Waals surface area contributed by atoms with Gasteiger partial charge in [-0.25, -0.2) is 9.48 Å². The van der Waals surface area contributed by atoms with Gasteiger partial charge >= 0.3 is 5.97 Å². The van der Waals surface area contributed by atoms with Crippen LogP contribution in [0, 0.1) is 6.92 Å². The Hall–Kier alpha value is -3.74. The Morgan fingerprint density at radius 1 is 1.06 bits per heavy atom. The molecule has 1 aliphatic rings. The number of fused-ring (bicyclic) bond motifs is 1. The summed E-state index contributed by atoms with van der Waals surface area (Å²) in [6.07, 6.45) is 0.692. The minimum absolute atomic E-state index is 0.323. The number of esters is 1. The molecule has 0 bridgehead atoms. The minimum atomic E-state index is -1.05. The Morgan fingerprint density at radius 2 is 1.77 bits per heavy atom. The fourth-order valence-electron chi connectivity index (χ4n) is 3.77. The van der Waals surface area contributed by atoms with Crippen LogP contribution in [0.15, 0.2) is 65.5 Å². The lowest BCUT2D eigenvalue weighted by molar-refractivity contribution is -0.126. The molecule has 2 aromatic carbocycles. The number of anilines is 1. The maximum atomic E-state index is 13.0. The number of aryl methyl sites for hydroxylation is 2. The number of para-hydroxylation sites is 2. The number of ether oxygens (including phenoxy) is 1. The van der Waals surface area contributed by atoms with Crippen molar-refractivity contribution in [2.75, 3.05) is 11.4 Å². The summed E-state index contributed by atoms with van der Waals surface area (Å²) in [4.78, 5) is 39.8. The number of hydrogen-bond acceptors (Lipinski definition) is 5. The van der Waals surface area contributed by atoms with E-state index in [0.717, 1.165) is 24.1 Å². The van der Waals surface area contributed by atoms with Crippen LogP contribution in [-0.4, -0.2) is 34.3 Å². The lowest BCUT2D eigenvalue weighted by Crippen LogP contribution is -2.43. The van der Waals surface area contributed by atoms with Crippen LogP contribution in [0.1, 0.15) is 35.1 Å². The molecule has 1 atom stereocenters. The van der Waals surface area contributed by atoms with Gasteiger partial charge in [-0.15, -0.1) is 0 Å². The zero-order valence-electron chi connectivity index (χ0n) is 17.4. The number of carbonyl (C=O) groups is 2. The number of amides is 1. The molecule has 1 amide bonds. The number of nitrogens with zero attached hydrogens (tertiary/aromatic N) is 3. The highest BCUT2D eigenvalue weighted by Crippen LogP contribution is 2.27. The third-order valence-corrected chi connectivity index (χ3v) is 5.31. The summed E-state index contributed by atoms with van der Waals surface area (Å²) in [5, 5.41) is 4.21. The lowest BCUT2D eigenvalue weighted by Gasteiger charge is -2.31. The molecule has 0 radical (unpaired) electrons. The molecule has 3 aromatic rings. The molecule has 0 unspecified atom stereocenters. The molecule has 7 nitrogen and oxygen atoms in total. The van der Waals surface area contributed by atoms with Crippen LogP contribution in [0.3, 0.4) is 0 Å². The Morgan fingerprint density at radius 3 is 2.55 bits per heavy atom. The van der Waals surface area contributed by atoms with Crippen LogP contribution >= 0.6 is 0 Å². The van der Waals surface area contributed by atoms with Crippen LogP contribution in [0.4, 0.5) is 5.69 Å². The molecule has 4 rings (SSSR count). The van der Waals surface area contributed by atoms with Gasteiger partial charge in [0.15, 0.2) is 6.10 Å². The second-order valence-electron chi connectivity index (χ2n) is 7.52. The molecule has 1 aliphatic heterocycles. The van der Waals surface area contributed by atoms with Gasteiger partial charge in [0.2, 0.25) is 11.1 Å². The highest BCUT2D eigenvalue weighted by atomic mass is 16.5. The summed E-state index contributed by atoms with van der Waals surface area (Å²) >= 11 is 0. The van der Waals surface area contributed by atoms with Crippen molar-refractivity contribution in [3.8, 4) is 5.69 Å². The van der Waals surface area contributed by atoms with Gasteiger partial charge in [0.25, 0.3) is 5.91 Å². The van der Waals surface area contributed by atoms with Crippen molar-refractivity contribution in [3.63, 3.8) is 0 Å². The Labute approximate surface area is 179 Å². The average Bonchev–Trinajstić information content (AvgIpc) is 2.78. The van der Waals surface area contributed by atoms with E-state index >= 15 is 0 Å². The summed E-state index contributed by atoms with van der Waals surface area (Å²) in [7, 11) is 0. The van der Waals surface area contributed by atoms with E-state index in [0.29, 0.717) is 17.9 Å². The van der Waals surface area contributed by atoms with Crippen LogP contribution in [0.2, 0.25) is 0 Å². The van der Waals surface area contributed by atoms with Gasteiger partial charge in [-0.05, 0) is 50.5 Å². The lowest BCUT2D eigenvalue weighted by atomic mass is 10.0. The number of benzene rings is 2. The summed E-state index contributed by atoms with van der Waals surface area (Å²) in [5.74, 6) is -1.24. The standard InChI is InChI=1S/C24H23N3O4/c1-16-15-21(28)22(25-27(16)19-11-4-3-5-12-19)24(30)31-17(2)23(29)26-14-8-10-18-9-6-7-13-20(18)26/h3-7,9,11-13,15,17H,8,10,14H2,1-2H3/t17-/m1/s1. The molecule has 7 heteroatoms. The Bertz CT molecular complexity index is 1190. The molecule has 0 N–H and O–H groups in total. The van der Waals surface area contributed by atoms with E-state index < -0.39 is 17.5 Å². The van der Waals surface area contributed by atoms with E-state index in [1.165, 1.54) is 17.7 Å². The van der Waals surface area contributed by atoms with Crippen molar-refractivity contribution >= 4 is 17.6 Å². The van der Waals surface area contributed by atoms with Crippen molar-refractivity contribution in [2.24, 2.45) is 0 Å². The van der Waals surface area contributed by atoms with E-state index in [1.807, 2.05) is 54.6 Å². The molecular formula is C24H23N3O4. The van der Waals surface area contributed by atoms with E-state index in [9.17, 15) is 14.4 Å². The van der Waals surface area contributed by atoms with Crippen molar-refractivity contribution in [3.05, 3.63) is 87.8 Å². The van der Waals surface area contributed by atoms with Gasteiger partial charge in [0, 0.05) is 24.0 Å². The first-order valence-electron chi connectivity index (χ1n) is 10.2. The summed E-state index contributed by atoms with van der Waals surface area (Å²) in [6.45, 7) is 3.80. The summed E-state index contributed by atoms with van der Waals surface area (Å²) < 4.78 is 6.88. The van der Waals surface area contributed by atoms with Crippen LogP contribution in [0.5, 0.6) is 0 Å². The highest BCUT2D eigenvalue weighted by Gasteiger charge is 2.29. The normalized spacial score (nSPS) is 13.9. The number of rotatable bonds is 4. The van der Waals surface area contributed by atoms with Gasteiger partial charge < -0.3 is 9.64 Å². The Kier molecular flexibility index (Phi) is 5.66. The fourth-order valence-corrected chi connectivity index (χ4v) is 3.77. The summed E-state index contributed by atoms with van der Waals surface area (Å²) in [6, 6.07) is 18.2. The zero-order valence-corrected chi connectivity index (χ0v) is 17.4. The average molecular weight is 417 g/mol. The predicted molar refractivity (Wildman–Crippen MR) is 117 cm³/mol. The van der Waals surface area contributed by atoms with Gasteiger partial charge in [0.05, 0.1) is 5.69 Å². The van der Waals surface area contributed by atoms with Crippen LogP contribution in [-0.2, 0) is 16.0 Å². The molecule has 2 heterocycles. The second-order valence-corrected chi connectivity index (χ2v) is 7.52. The van der Waals surface area contributed by atoms with Crippen LogP contribution in [0.25, 0.3) is 5.69 Å². The molecule has 158 valence electrons. The van der Waals surface area contributed by atoms with E-state index in [-0.39, 0.29) is 11.6 Å². The highest BCUT2D eigenvalue weighted by molar-refractivity contribution is 5.99. The second kappa shape index (κ2) is 8.55. The predicted octanol–water partition coefficient (Wildman–Crippen LogP) is 3.07. The molecular weight excluding hydrogens is 394 g/mol. The van der Waals surface area contributed by atoms with Gasteiger partial charge in [-0.1, -0.05) is 36.4 Å².